The zero-order valence-electron chi connectivity index (χ0n) is 14.8. The molecule has 0 aliphatic rings. The zero-order valence-corrected chi connectivity index (χ0v) is 15.6. The molecule has 3 aromatic rings. The molecule has 1 N–H and O–H groups in total. The van der Waals surface area contributed by atoms with Crippen LogP contribution in [0.25, 0.3) is 10.9 Å². The summed E-state index contributed by atoms with van der Waals surface area (Å²) in [5.74, 6) is -0.652. The van der Waals surface area contributed by atoms with Gasteiger partial charge in [-0.3, -0.25) is 19.0 Å². The molecule has 1 atom stereocenters. The van der Waals surface area contributed by atoms with Gasteiger partial charge in [0.1, 0.15) is 0 Å². The highest BCUT2D eigenvalue weighted by molar-refractivity contribution is 7.10. The minimum Gasteiger partial charge on any atom is -0.469 e. The van der Waals surface area contributed by atoms with Gasteiger partial charge in [0.15, 0.2) is 0 Å². The van der Waals surface area contributed by atoms with Crippen LogP contribution in [0, 0.1) is 0 Å². The van der Waals surface area contributed by atoms with Gasteiger partial charge in [-0.25, -0.2) is 4.98 Å². The fourth-order valence-corrected chi connectivity index (χ4v) is 3.49. The summed E-state index contributed by atoms with van der Waals surface area (Å²) in [7, 11) is 1.31. The van der Waals surface area contributed by atoms with Gasteiger partial charge in [-0.05, 0) is 23.6 Å². The molecule has 0 aliphatic carbocycles. The quantitative estimate of drug-likeness (QED) is 0.630. The average Bonchev–Trinajstić information content (AvgIpc) is 3.22. The summed E-state index contributed by atoms with van der Waals surface area (Å²) in [4.78, 5) is 41.6. The van der Waals surface area contributed by atoms with E-state index in [-0.39, 0.29) is 30.9 Å². The fourth-order valence-electron chi connectivity index (χ4n) is 2.72. The van der Waals surface area contributed by atoms with Crippen LogP contribution in [0.5, 0.6) is 0 Å². The van der Waals surface area contributed by atoms with Crippen LogP contribution in [0.1, 0.15) is 23.8 Å². The largest absolute Gasteiger partial charge is 0.469 e. The van der Waals surface area contributed by atoms with E-state index in [9.17, 15) is 14.4 Å². The highest BCUT2D eigenvalue weighted by Crippen LogP contribution is 2.22. The van der Waals surface area contributed by atoms with Gasteiger partial charge in [0, 0.05) is 17.8 Å². The van der Waals surface area contributed by atoms with Crippen LogP contribution in [0.2, 0.25) is 0 Å². The summed E-state index contributed by atoms with van der Waals surface area (Å²) in [6.45, 7) is 0.206. The second-order valence-corrected chi connectivity index (χ2v) is 6.91. The van der Waals surface area contributed by atoms with Crippen LogP contribution in [0.3, 0.4) is 0 Å². The Balaban J connectivity index is 1.67. The van der Waals surface area contributed by atoms with Crippen LogP contribution in [-0.4, -0.2) is 28.5 Å². The molecule has 27 heavy (non-hydrogen) atoms. The van der Waals surface area contributed by atoms with Crippen molar-refractivity contribution in [3.05, 3.63) is 63.3 Å². The number of carbonyl (C=O) groups excluding carboxylic acids is 2. The zero-order chi connectivity index (χ0) is 19.2. The molecule has 7 nitrogen and oxygen atoms in total. The van der Waals surface area contributed by atoms with E-state index in [1.165, 1.54) is 29.3 Å². The molecule has 140 valence electrons. The molecular formula is C19H19N3O4S. The molecule has 0 aliphatic heterocycles. The smallest absolute Gasteiger partial charge is 0.307 e. The molecule has 1 aromatic carbocycles. The maximum Gasteiger partial charge on any atom is 0.307 e. The van der Waals surface area contributed by atoms with E-state index in [1.807, 2.05) is 23.6 Å². The van der Waals surface area contributed by atoms with Gasteiger partial charge < -0.3 is 10.1 Å². The average molecular weight is 385 g/mol. The molecule has 1 amide bonds. The molecule has 0 radical (unpaired) electrons. The fraction of sp³-hybridized carbons (Fsp3) is 0.263. The van der Waals surface area contributed by atoms with E-state index in [4.69, 9.17) is 4.74 Å². The number of nitrogens with zero attached hydrogens (tertiary/aromatic N) is 2. The van der Waals surface area contributed by atoms with Crippen LogP contribution < -0.4 is 10.9 Å². The number of fused-ring (bicyclic) bond motifs is 1. The Morgan fingerprint density at radius 2 is 2.07 bits per heavy atom. The third-order valence-corrected chi connectivity index (χ3v) is 5.12. The molecular weight excluding hydrogens is 366 g/mol. The molecule has 0 spiro atoms. The lowest BCUT2D eigenvalue weighted by Crippen LogP contribution is -2.31. The standard InChI is InChI=1S/C19H19N3O4S/c1-26-18(24)11-15(16-7-4-10-27-16)21-17(23)8-9-22-12-20-14-6-3-2-5-13(14)19(22)25/h2-7,10,12,15H,8-9,11H2,1H3,(H,21,23). The molecule has 0 fully saturated rings. The Morgan fingerprint density at radius 1 is 1.26 bits per heavy atom. The number of hydrogen-bond acceptors (Lipinski definition) is 6. The molecule has 2 aromatic heterocycles. The SMILES string of the molecule is COC(=O)CC(NC(=O)CCn1cnc2ccccc2c1=O)c1cccs1. The normalized spacial score (nSPS) is 11.9. The summed E-state index contributed by atoms with van der Waals surface area (Å²) in [5.41, 5.74) is 0.441. The predicted molar refractivity (Wildman–Crippen MR) is 102 cm³/mol. The Kier molecular flexibility index (Phi) is 5.97. The summed E-state index contributed by atoms with van der Waals surface area (Å²) in [6.07, 6.45) is 1.60. The van der Waals surface area contributed by atoms with Crippen molar-refractivity contribution in [2.24, 2.45) is 0 Å². The van der Waals surface area contributed by atoms with Crippen molar-refractivity contribution in [3.63, 3.8) is 0 Å². The molecule has 0 bridgehead atoms. The van der Waals surface area contributed by atoms with Crippen LogP contribution in [0.15, 0.2) is 52.9 Å². The number of benzene rings is 1. The topological polar surface area (TPSA) is 90.3 Å². The number of thiophene rings is 1. The first kappa shape index (κ1) is 18.8. The van der Waals surface area contributed by atoms with E-state index in [0.29, 0.717) is 10.9 Å². The van der Waals surface area contributed by atoms with E-state index >= 15 is 0 Å². The molecule has 3 rings (SSSR count). The van der Waals surface area contributed by atoms with Gasteiger partial charge >= 0.3 is 5.97 Å². The number of hydrogen-bond donors (Lipinski definition) is 1. The number of ether oxygens (including phenoxy) is 1. The Labute approximate surface area is 159 Å². The van der Waals surface area contributed by atoms with E-state index in [2.05, 4.69) is 10.3 Å². The first-order chi connectivity index (χ1) is 13.1. The second kappa shape index (κ2) is 8.59. The van der Waals surface area contributed by atoms with Crippen molar-refractivity contribution in [3.8, 4) is 0 Å². The van der Waals surface area contributed by atoms with Gasteiger partial charge in [-0.15, -0.1) is 11.3 Å². The maximum atomic E-state index is 12.5. The van der Waals surface area contributed by atoms with Crippen molar-refractivity contribution in [1.29, 1.82) is 0 Å². The second-order valence-electron chi connectivity index (χ2n) is 5.93. The number of aryl methyl sites for hydroxylation is 1. The van der Waals surface area contributed by atoms with E-state index in [0.717, 1.165) is 4.88 Å². The number of carbonyl (C=O) groups is 2. The number of amides is 1. The Morgan fingerprint density at radius 3 is 2.81 bits per heavy atom. The number of methoxy groups -OCH3 is 1. The molecule has 8 heteroatoms. The molecule has 0 saturated heterocycles. The van der Waals surface area contributed by atoms with Crippen molar-refractivity contribution in [2.75, 3.05) is 7.11 Å². The molecule has 2 heterocycles. The summed E-state index contributed by atoms with van der Waals surface area (Å²) in [6, 6.07) is 10.3. The number of aromatic nitrogens is 2. The summed E-state index contributed by atoms with van der Waals surface area (Å²) >= 11 is 1.46. The van der Waals surface area contributed by atoms with Gasteiger partial charge in [-0.2, -0.15) is 0 Å². The monoisotopic (exact) mass is 385 g/mol. The van der Waals surface area contributed by atoms with Crippen molar-refractivity contribution in [1.82, 2.24) is 14.9 Å². The first-order valence-electron chi connectivity index (χ1n) is 8.42. The highest BCUT2D eigenvalue weighted by Gasteiger charge is 2.19. The van der Waals surface area contributed by atoms with Crippen LogP contribution in [0.4, 0.5) is 0 Å². The van der Waals surface area contributed by atoms with Gasteiger partial charge in [0.2, 0.25) is 5.91 Å². The third kappa shape index (κ3) is 4.59. The molecule has 1 unspecified atom stereocenters. The minimum absolute atomic E-state index is 0.0558. The lowest BCUT2D eigenvalue weighted by Gasteiger charge is -2.16. The number of rotatable bonds is 7. The predicted octanol–water partition coefficient (Wildman–Crippen LogP) is 2.27. The van der Waals surface area contributed by atoms with Crippen molar-refractivity contribution >= 4 is 34.1 Å². The Hall–Kier alpha value is -3.00. The number of nitrogens with one attached hydrogen (secondary N) is 1. The van der Waals surface area contributed by atoms with Gasteiger partial charge in [0.05, 0.1) is 36.8 Å². The van der Waals surface area contributed by atoms with Crippen molar-refractivity contribution in [2.45, 2.75) is 25.4 Å². The summed E-state index contributed by atoms with van der Waals surface area (Å²) < 4.78 is 6.13. The van der Waals surface area contributed by atoms with E-state index in [1.54, 1.807) is 18.2 Å². The molecule has 0 saturated carbocycles. The third-order valence-electron chi connectivity index (χ3n) is 4.13. The van der Waals surface area contributed by atoms with Gasteiger partial charge in [0.25, 0.3) is 5.56 Å². The van der Waals surface area contributed by atoms with Crippen molar-refractivity contribution < 1.29 is 14.3 Å². The van der Waals surface area contributed by atoms with Crippen LogP contribution >= 0.6 is 11.3 Å². The van der Waals surface area contributed by atoms with E-state index < -0.39 is 12.0 Å². The minimum atomic E-state index is -0.448. The summed E-state index contributed by atoms with van der Waals surface area (Å²) in [5, 5.41) is 5.24. The van der Waals surface area contributed by atoms with Crippen LogP contribution in [-0.2, 0) is 20.9 Å². The lowest BCUT2D eigenvalue weighted by atomic mass is 10.1. The lowest BCUT2D eigenvalue weighted by molar-refractivity contribution is -0.141. The Bertz CT molecular complexity index is 998. The van der Waals surface area contributed by atoms with Gasteiger partial charge in [-0.1, -0.05) is 18.2 Å². The maximum absolute atomic E-state index is 12.5. The number of para-hydroxylation sites is 1. The highest BCUT2D eigenvalue weighted by atomic mass is 32.1. The number of esters is 1. The first-order valence-corrected chi connectivity index (χ1v) is 9.30.